The minimum atomic E-state index is -1.67. The Morgan fingerprint density at radius 3 is 2.28 bits per heavy atom. The zero-order valence-electron chi connectivity index (χ0n) is 25.8. The number of carbonyl (C=O) groups is 5. The lowest BCUT2D eigenvalue weighted by atomic mass is 9.97. The molecule has 0 aliphatic carbocycles. The smallest absolute Gasteiger partial charge is 0.339 e. The van der Waals surface area contributed by atoms with Gasteiger partial charge in [-0.3, -0.25) is 24.2 Å². The average Bonchev–Trinajstić information content (AvgIpc) is 3.19. The number of carbonyl (C=O) groups excluding carboxylic acids is 5. The Hall–Kier alpha value is -4.60. The highest BCUT2D eigenvalue weighted by Crippen LogP contribution is 2.31. The first-order chi connectivity index (χ1) is 22.4. The number of ether oxygens (including phenoxy) is 6. The second kappa shape index (κ2) is 15.8. The third kappa shape index (κ3) is 9.02. The summed E-state index contributed by atoms with van der Waals surface area (Å²) in [6.07, 6.45) is -7.98. The van der Waals surface area contributed by atoms with Crippen molar-refractivity contribution in [2.24, 2.45) is 4.99 Å². The van der Waals surface area contributed by atoms with E-state index < -0.39 is 79.0 Å². The molecule has 0 bridgehead atoms. The van der Waals surface area contributed by atoms with Crippen LogP contribution >= 0.6 is 11.6 Å². The fourth-order valence-electron chi connectivity index (χ4n) is 5.05. The maximum atomic E-state index is 14.7. The standard InChI is InChI=1S/C31H33ClFN3O11/c1-15(37)44-26-27(45-16(2)38)29(46-17(3)39)31(47-28(26)30(41)42-4)43-14-24(40)34-12-19-13-35-25(20-7-5-6-8-22(20)33)21-11-18(32)9-10-23(21)36-19/h5-11,19,26-29,31,36H,12-14H2,1-4H3,(H,34,40)/t19-,26-,27-,28-,29+,31+/m0/s1. The van der Waals surface area contributed by atoms with Crippen molar-refractivity contribution in [1.29, 1.82) is 0 Å². The van der Waals surface area contributed by atoms with Crippen molar-refractivity contribution >= 4 is 52.8 Å². The van der Waals surface area contributed by atoms with Crippen LogP contribution in [0.25, 0.3) is 0 Å². The van der Waals surface area contributed by atoms with E-state index in [9.17, 15) is 28.4 Å². The molecular formula is C31H33ClFN3O11. The third-order valence-electron chi connectivity index (χ3n) is 6.95. The number of esters is 4. The van der Waals surface area contributed by atoms with E-state index in [1.54, 1.807) is 36.4 Å². The van der Waals surface area contributed by atoms with E-state index >= 15 is 0 Å². The van der Waals surface area contributed by atoms with E-state index in [1.807, 2.05) is 0 Å². The van der Waals surface area contributed by atoms with Crippen LogP contribution in [-0.2, 0) is 52.4 Å². The quantitative estimate of drug-likeness (QED) is 0.276. The molecule has 2 aliphatic rings. The van der Waals surface area contributed by atoms with Gasteiger partial charge >= 0.3 is 23.9 Å². The van der Waals surface area contributed by atoms with Crippen LogP contribution in [0.4, 0.5) is 10.1 Å². The lowest BCUT2D eigenvalue weighted by Gasteiger charge is -2.43. The zero-order chi connectivity index (χ0) is 34.2. The molecule has 0 saturated carbocycles. The number of hydrogen-bond acceptors (Lipinski definition) is 13. The number of anilines is 1. The van der Waals surface area contributed by atoms with E-state index in [-0.39, 0.29) is 13.1 Å². The van der Waals surface area contributed by atoms with Gasteiger partial charge in [0, 0.05) is 49.2 Å². The van der Waals surface area contributed by atoms with Gasteiger partial charge in [0.05, 0.1) is 25.4 Å². The molecule has 1 fully saturated rings. The van der Waals surface area contributed by atoms with Crippen LogP contribution < -0.4 is 10.6 Å². The summed E-state index contributed by atoms with van der Waals surface area (Å²) in [6, 6.07) is 10.8. The van der Waals surface area contributed by atoms with Crippen LogP contribution in [-0.4, -0.2) is 99.1 Å². The molecule has 2 N–H and O–H groups in total. The Morgan fingerprint density at radius 1 is 0.957 bits per heavy atom. The molecule has 4 rings (SSSR count). The maximum Gasteiger partial charge on any atom is 0.339 e. The number of amides is 1. The molecule has 0 radical (unpaired) electrons. The van der Waals surface area contributed by atoms with Gasteiger partial charge in [-0.2, -0.15) is 0 Å². The van der Waals surface area contributed by atoms with E-state index in [0.717, 1.165) is 27.9 Å². The van der Waals surface area contributed by atoms with Gasteiger partial charge in [0.1, 0.15) is 12.4 Å². The molecule has 16 heteroatoms. The number of nitrogens with zero attached hydrogens (tertiary/aromatic N) is 1. The molecule has 2 aromatic rings. The van der Waals surface area contributed by atoms with Crippen molar-refractivity contribution in [2.45, 2.75) is 57.5 Å². The molecule has 1 amide bonds. The number of benzodiazepines with no additional fused rings is 1. The van der Waals surface area contributed by atoms with Gasteiger partial charge in [0.25, 0.3) is 0 Å². The summed E-state index contributed by atoms with van der Waals surface area (Å²) in [5.41, 5.74) is 1.89. The predicted octanol–water partition coefficient (Wildman–Crippen LogP) is 1.94. The molecule has 252 valence electrons. The number of nitrogens with one attached hydrogen (secondary N) is 2. The largest absolute Gasteiger partial charge is 0.467 e. The van der Waals surface area contributed by atoms with Crippen molar-refractivity contribution in [3.63, 3.8) is 0 Å². The highest BCUT2D eigenvalue weighted by molar-refractivity contribution is 6.31. The summed E-state index contributed by atoms with van der Waals surface area (Å²) in [5, 5.41) is 6.42. The van der Waals surface area contributed by atoms with Crippen LogP contribution in [0.2, 0.25) is 5.02 Å². The van der Waals surface area contributed by atoms with Crippen molar-refractivity contribution in [3.8, 4) is 0 Å². The Kier molecular flexibility index (Phi) is 11.9. The summed E-state index contributed by atoms with van der Waals surface area (Å²) in [7, 11) is 1.05. The van der Waals surface area contributed by atoms with Crippen LogP contribution in [0, 0.1) is 5.82 Å². The van der Waals surface area contributed by atoms with Crippen LogP contribution in [0.3, 0.4) is 0 Å². The fourth-order valence-corrected chi connectivity index (χ4v) is 5.22. The van der Waals surface area contributed by atoms with Crippen molar-refractivity contribution in [3.05, 3.63) is 64.4 Å². The second-order valence-electron chi connectivity index (χ2n) is 10.5. The Morgan fingerprint density at radius 2 is 1.62 bits per heavy atom. The van der Waals surface area contributed by atoms with Crippen LogP contribution in [0.1, 0.15) is 31.9 Å². The Bertz CT molecular complexity index is 1550. The number of benzene rings is 2. The van der Waals surface area contributed by atoms with Gasteiger partial charge in [-0.1, -0.05) is 23.7 Å². The minimum Gasteiger partial charge on any atom is -0.467 e. The van der Waals surface area contributed by atoms with Gasteiger partial charge < -0.3 is 39.1 Å². The van der Waals surface area contributed by atoms with E-state index in [4.69, 9.17) is 40.0 Å². The molecule has 14 nitrogen and oxygen atoms in total. The van der Waals surface area contributed by atoms with E-state index in [1.165, 1.54) is 6.07 Å². The average molecular weight is 678 g/mol. The Labute approximate surface area is 273 Å². The summed E-state index contributed by atoms with van der Waals surface area (Å²) >= 11 is 6.24. The lowest BCUT2D eigenvalue weighted by molar-refractivity contribution is -0.300. The number of hydrogen-bond donors (Lipinski definition) is 2. The van der Waals surface area contributed by atoms with Gasteiger partial charge in [0.2, 0.25) is 5.91 Å². The first kappa shape index (κ1) is 35.3. The molecule has 0 unspecified atom stereocenters. The summed E-state index contributed by atoms with van der Waals surface area (Å²) in [6.45, 7) is 2.71. The molecule has 2 aliphatic heterocycles. The third-order valence-corrected chi connectivity index (χ3v) is 7.19. The lowest BCUT2D eigenvalue weighted by Crippen LogP contribution is -2.64. The number of halogens is 2. The molecule has 2 aromatic carbocycles. The first-order valence-electron chi connectivity index (χ1n) is 14.4. The monoisotopic (exact) mass is 677 g/mol. The summed E-state index contributed by atoms with van der Waals surface area (Å²) in [4.78, 5) is 65.9. The number of methoxy groups -OCH3 is 1. The molecule has 0 spiro atoms. The predicted molar refractivity (Wildman–Crippen MR) is 162 cm³/mol. The highest BCUT2D eigenvalue weighted by Gasteiger charge is 2.55. The number of aliphatic imine (C=N–C) groups is 1. The molecule has 1 saturated heterocycles. The van der Waals surface area contributed by atoms with Crippen LogP contribution in [0.5, 0.6) is 0 Å². The molecule has 2 heterocycles. The second-order valence-corrected chi connectivity index (χ2v) is 10.9. The molecule has 47 heavy (non-hydrogen) atoms. The van der Waals surface area contributed by atoms with Crippen molar-refractivity contribution < 1.29 is 56.8 Å². The van der Waals surface area contributed by atoms with Gasteiger partial charge in [-0.15, -0.1) is 0 Å². The van der Waals surface area contributed by atoms with Crippen molar-refractivity contribution in [2.75, 3.05) is 32.1 Å². The van der Waals surface area contributed by atoms with Gasteiger partial charge in [-0.05, 0) is 30.3 Å². The number of rotatable bonds is 10. The summed E-state index contributed by atoms with van der Waals surface area (Å²) < 4.78 is 46.5. The SMILES string of the molecule is COC(=O)[C@H]1O[C@@H](OCC(=O)NC[C@H]2CN=C(c3ccccc3F)c3cc(Cl)ccc3N2)[C@H](OC(C)=O)[C@@H](OC(C)=O)[C@@H]1OC(C)=O. The van der Waals surface area contributed by atoms with Gasteiger partial charge in [-0.25, -0.2) is 9.18 Å². The topological polar surface area (TPSA) is 177 Å². The summed E-state index contributed by atoms with van der Waals surface area (Å²) in [5.74, 6) is -4.66. The van der Waals surface area contributed by atoms with Crippen molar-refractivity contribution in [1.82, 2.24) is 5.32 Å². The fraction of sp³-hybridized carbons (Fsp3) is 0.419. The molecule has 6 atom stereocenters. The number of fused-ring (bicyclic) bond motifs is 1. The minimum absolute atomic E-state index is 0.0482. The highest BCUT2D eigenvalue weighted by atomic mass is 35.5. The first-order valence-corrected chi connectivity index (χ1v) is 14.7. The van der Waals surface area contributed by atoms with E-state index in [0.29, 0.717) is 27.5 Å². The molecular weight excluding hydrogens is 645 g/mol. The maximum absolute atomic E-state index is 14.7. The van der Waals surface area contributed by atoms with Crippen LogP contribution in [0.15, 0.2) is 47.5 Å². The zero-order valence-corrected chi connectivity index (χ0v) is 26.6. The Balaban J connectivity index is 1.48. The van der Waals surface area contributed by atoms with E-state index in [2.05, 4.69) is 15.6 Å². The van der Waals surface area contributed by atoms with Gasteiger partial charge in [0.15, 0.2) is 30.7 Å². The molecule has 0 aromatic heterocycles. The normalized spacial score (nSPS) is 23.5.